The number of sulfone groups is 1. The zero-order valence-corrected chi connectivity index (χ0v) is 21.3. The fraction of sp³-hybridized carbons (Fsp3) is 0.520. The maximum atomic E-state index is 13.1. The summed E-state index contributed by atoms with van der Waals surface area (Å²) in [5.74, 6) is 2.88. The molecule has 1 aromatic heterocycles. The van der Waals surface area contributed by atoms with Gasteiger partial charge in [0.25, 0.3) is 0 Å². The SMILES string of the molecule is COc1ccc2c(c1)[C@]1(C[C@H]1C1CCC3C(C1)NNC3Nc1ncc(S(C)(=O)=O)cc1OC)C(=O)N2. The molecule has 3 fully saturated rings. The molecule has 11 heteroatoms. The Hall–Kier alpha value is -2.89. The van der Waals surface area contributed by atoms with Crippen molar-refractivity contribution in [1.29, 1.82) is 0 Å². The van der Waals surface area contributed by atoms with Gasteiger partial charge in [-0.3, -0.25) is 10.2 Å². The van der Waals surface area contributed by atoms with Crippen molar-refractivity contribution in [3.8, 4) is 11.5 Å². The molecular formula is C25H31N5O5S. The molecule has 4 N–H and O–H groups in total. The molecule has 0 radical (unpaired) electrons. The van der Waals surface area contributed by atoms with Gasteiger partial charge in [-0.15, -0.1) is 0 Å². The number of hydrogen-bond donors (Lipinski definition) is 4. The molecule has 36 heavy (non-hydrogen) atoms. The van der Waals surface area contributed by atoms with Crippen LogP contribution in [0.25, 0.3) is 0 Å². The third-order valence-corrected chi connectivity index (χ3v) is 9.59. The molecule has 10 nitrogen and oxygen atoms in total. The Balaban J connectivity index is 1.15. The number of carbonyl (C=O) groups is 1. The minimum atomic E-state index is -3.38. The Bertz CT molecular complexity index is 1330. The van der Waals surface area contributed by atoms with Crippen molar-refractivity contribution in [2.45, 2.75) is 48.2 Å². The number of hydrogen-bond acceptors (Lipinski definition) is 9. The lowest BCUT2D eigenvalue weighted by Crippen LogP contribution is -2.39. The fourth-order valence-electron chi connectivity index (χ4n) is 6.56. The molecule has 2 saturated carbocycles. The number of carbonyl (C=O) groups excluding carboxylic acids is 1. The first-order chi connectivity index (χ1) is 17.2. The highest BCUT2D eigenvalue weighted by Gasteiger charge is 2.67. The van der Waals surface area contributed by atoms with Gasteiger partial charge in [0.05, 0.1) is 30.7 Å². The summed E-state index contributed by atoms with van der Waals surface area (Å²) in [5, 5.41) is 6.48. The van der Waals surface area contributed by atoms with Crippen molar-refractivity contribution < 1.29 is 22.7 Å². The number of nitrogens with zero attached hydrogens (tertiary/aromatic N) is 1. The molecule has 1 amide bonds. The lowest BCUT2D eigenvalue weighted by molar-refractivity contribution is -0.118. The molecule has 2 aromatic rings. The van der Waals surface area contributed by atoms with E-state index in [9.17, 15) is 13.2 Å². The van der Waals surface area contributed by atoms with Gasteiger partial charge < -0.3 is 20.1 Å². The van der Waals surface area contributed by atoms with Crippen LogP contribution in [-0.4, -0.2) is 52.0 Å². The average Bonchev–Trinajstić information content (AvgIpc) is 3.42. The number of methoxy groups -OCH3 is 2. The van der Waals surface area contributed by atoms with Crippen LogP contribution in [0.1, 0.15) is 31.2 Å². The normalized spacial score (nSPS) is 32.5. The maximum Gasteiger partial charge on any atom is 0.235 e. The largest absolute Gasteiger partial charge is 0.497 e. The lowest BCUT2D eigenvalue weighted by atomic mass is 9.74. The molecule has 2 aliphatic heterocycles. The molecular weight excluding hydrogens is 482 g/mol. The van der Waals surface area contributed by atoms with Gasteiger partial charge in [-0.2, -0.15) is 0 Å². The molecule has 4 unspecified atom stereocenters. The number of aromatic nitrogens is 1. The predicted molar refractivity (Wildman–Crippen MR) is 134 cm³/mol. The molecule has 1 saturated heterocycles. The van der Waals surface area contributed by atoms with Gasteiger partial charge in [-0.25, -0.2) is 18.8 Å². The minimum absolute atomic E-state index is 0.0747. The van der Waals surface area contributed by atoms with Crippen LogP contribution in [0.4, 0.5) is 11.5 Å². The van der Waals surface area contributed by atoms with E-state index in [1.165, 1.54) is 19.4 Å². The summed E-state index contributed by atoms with van der Waals surface area (Å²) in [6.45, 7) is 0. The van der Waals surface area contributed by atoms with Gasteiger partial charge in [0, 0.05) is 36.2 Å². The van der Waals surface area contributed by atoms with E-state index < -0.39 is 15.3 Å². The van der Waals surface area contributed by atoms with Crippen LogP contribution in [-0.2, 0) is 20.0 Å². The molecule has 1 spiro atoms. The van der Waals surface area contributed by atoms with Crippen molar-refractivity contribution in [3.63, 3.8) is 0 Å². The quantitative estimate of drug-likeness (QED) is 0.458. The van der Waals surface area contributed by atoms with Crippen molar-refractivity contribution in [2.24, 2.45) is 17.8 Å². The van der Waals surface area contributed by atoms with Crippen LogP contribution >= 0.6 is 0 Å². The van der Waals surface area contributed by atoms with Gasteiger partial charge in [0.2, 0.25) is 5.91 Å². The summed E-state index contributed by atoms with van der Waals surface area (Å²) in [6, 6.07) is 7.60. The van der Waals surface area contributed by atoms with Crippen molar-refractivity contribution in [1.82, 2.24) is 15.8 Å². The highest BCUT2D eigenvalue weighted by Crippen LogP contribution is 2.65. The number of nitrogens with one attached hydrogen (secondary N) is 4. The van der Waals surface area contributed by atoms with Gasteiger partial charge in [-0.1, -0.05) is 0 Å². The highest BCUT2D eigenvalue weighted by atomic mass is 32.2. The van der Waals surface area contributed by atoms with E-state index in [-0.39, 0.29) is 23.0 Å². The van der Waals surface area contributed by atoms with Gasteiger partial charge >= 0.3 is 0 Å². The number of rotatable bonds is 6. The summed E-state index contributed by atoms with van der Waals surface area (Å²) in [7, 11) is -0.224. The topological polar surface area (TPSA) is 131 Å². The Morgan fingerprint density at radius 1 is 1.14 bits per heavy atom. The van der Waals surface area contributed by atoms with Crippen LogP contribution in [0.2, 0.25) is 0 Å². The van der Waals surface area contributed by atoms with E-state index in [1.807, 2.05) is 18.2 Å². The average molecular weight is 514 g/mol. The summed E-state index contributed by atoms with van der Waals surface area (Å²) < 4.78 is 34.6. The summed E-state index contributed by atoms with van der Waals surface area (Å²) in [5.41, 5.74) is 8.35. The number of fused-ring (bicyclic) bond motifs is 3. The van der Waals surface area contributed by atoms with Gasteiger partial charge in [-0.05, 0) is 61.3 Å². The van der Waals surface area contributed by atoms with E-state index in [4.69, 9.17) is 9.47 Å². The zero-order valence-electron chi connectivity index (χ0n) is 20.5. The van der Waals surface area contributed by atoms with Crippen LogP contribution < -0.4 is 31.0 Å². The first-order valence-electron chi connectivity index (χ1n) is 12.3. The lowest BCUT2D eigenvalue weighted by Gasteiger charge is -2.34. The monoisotopic (exact) mass is 513 g/mol. The fourth-order valence-corrected chi connectivity index (χ4v) is 7.12. The van der Waals surface area contributed by atoms with Crippen LogP contribution in [0.3, 0.4) is 0 Å². The van der Waals surface area contributed by atoms with E-state index in [0.717, 1.165) is 48.9 Å². The Morgan fingerprint density at radius 2 is 1.97 bits per heavy atom. The summed E-state index contributed by atoms with van der Waals surface area (Å²) in [4.78, 5) is 17.5. The molecule has 6 rings (SSSR count). The zero-order chi connectivity index (χ0) is 25.2. The molecule has 4 aliphatic rings. The van der Waals surface area contributed by atoms with E-state index in [2.05, 4.69) is 26.5 Å². The first kappa shape index (κ1) is 23.5. The second-order valence-corrected chi connectivity index (χ2v) is 12.4. The third-order valence-electron chi connectivity index (χ3n) is 8.51. The van der Waals surface area contributed by atoms with Crippen LogP contribution in [0, 0.1) is 17.8 Å². The Labute approximate surface area is 210 Å². The van der Waals surface area contributed by atoms with Crippen LogP contribution in [0.15, 0.2) is 35.4 Å². The Kier molecular flexibility index (Phi) is 5.43. The van der Waals surface area contributed by atoms with Crippen molar-refractivity contribution >= 4 is 27.2 Å². The predicted octanol–water partition coefficient (Wildman–Crippen LogP) is 2.04. The first-order valence-corrected chi connectivity index (χ1v) is 14.2. The van der Waals surface area contributed by atoms with E-state index in [0.29, 0.717) is 29.3 Å². The molecule has 192 valence electrons. The van der Waals surface area contributed by atoms with Crippen LogP contribution in [0.5, 0.6) is 11.5 Å². The Morgan fingerprint density at radius 3 is 2.72 bits per heavy atom. The number of ether oxygens (including phenoxy) is 2. The molecule has 0 bridgehead atoms. The summed E-state index contributed by atoms with van der Waals surface area (Å²) >= 11 is 0. The minimum Gasteiger partial charge on any atom is -0.497 e. The molecule has 3 heterocycles. The second-order valence-electron chi connectivity index (χ2n) is 10.4. The number of pyridine rings is 1. The van der Waals surface area contributed by atoms with Gasteiger partial charge in [0.15, 0.2) is 21.4 Å². The number of anilines is 2. The van der Waals surface area contributed by atoms with Gasteiger partial charge in [0.1, 0.15) is 5.75 Å². The second kappa shape index (κ2) is 8.32. The molecule has 2 aliphatic carbocycles. The maximum absolute atomic E-state index is 13.1. The van der Waals surface area contributed by atoms with Crippen molar-refractivity contribution in [3.05, 3.63) is 36.0 Å². The highest BCUT2D eigenvalue weighted by molar-refractivity contribution is 7.90. The van der Waals surface area contributed by atoms with E-state index >= 15 is 0 Å². The number of amides is 1. The molecule has 1 aromatic carbocycles. The van der Waals surface area contributed by atoms with E-state index in [1.54, 1.807) is 7.11 Å². The number of hydrazine groups is 1. The summed E-state index contributed by atoms with van der Waals surface area (Å²) in [6.07, 6.45) is 6.32. The smallest absolute Gasteiger partial charge is 0.235 e. The standard InChI is InChI=1S/C25H31N5O5S/c1-34-14-5-7-19-17(9-14)25(24(31)27-19)11-18(25)13-4-6-16-20(8-13)29-30-22(16)28-23-21(35-2)10-15(12-26-23)36(3,32)33/h5,7,9-10,12-13,16,18,20,22,29-30H,4,6,8,11H2,1-3H3,(H,26,28)(H,27,31)/t13?,16?,18-,20?,22?,25-/m0/s1. The molecule has 6 atom stereocenters. The number of benzene rings is 1. The van der Waals surface area contributed by atoms with Crippen molar-refractivity contribution in [2.75, 3.05) is 31.1 Å². The third kappa shape index (κ3) is 3.63.